The Kier molecular flexibility index (Phi) is 6.83. The van der Waals surface area contributed by atoms with Crippen molar-refractivity contribution in [2.75, 3.05) is 6.61 Å². The summed E-state index contributed by atoms with van der Waals surface area (Å²) in [5, 5.41) is 0. The van der Waals surface area contributed by atoms with Gasteiger partial charge in [0.15, 0.2) is 0 Å². The zero-order chi connectivity index (χ0) is 14.4. The van der Waals surface area contributed by atoms with Crippen molar-refractivity contribution in [1.29, 1.82) is 0 Å². The van der Waals surface area contributed by atoms with Crippen LogP contribution in [0.5, 0.6) is 0 Å². The Labute approximate surface area is 113 Å². The SMILES string of the molecule is C=CCC(CCOC(C)(C)C)CC(=O)C(C)(C)C. The fraction of sp³-hybridized carbons (Fsp3) is 0.812. The Bertz CT molecular complexity index is 266. The van der Waals surface area contributed by atoms with Crippen molar-refractivity contribution in [2.24, 2.45) is 11.3 Å². The van der Waals surface area contributed by atoms with Crippen LogP contribution in [0.3, 0.4) is 0 Å². The van der Waals surface area contributed by atoms with E-state index in [0.717, 1.165) is 12.8 Å². The van der Waals surface area contributed by atoms with E-state index in [1.807, 2.05) is 26.8 Å². The first-order valence-corrected chi connectivity index (χ1v) is 6.84. The third kappa shape index (κ3) is 8.46. The maximum atomic E-state index is 12.0. The van der Waals surface area contributed by atoms with Crippen LogP contribution >= 0.6 is 0 Å². The number of ketones is 1. The molecule has 0 aliphatic rings. The average Bonchev–Trinajstić information content (AvgIpc) is 2.14. The van der Waals surface area contributed by atoms with E-state index in [-0.39, 0.29) is 11.0 Å². The summed E-state index contributed by atoms with van der Waals surface area (Å²) in [6.07, 6.45) is 4.33. The smallest absolute Gasteiger partial charge is 0.138 e. The zero-order valence-electron chi connectivity index (χ0n) is 13.0. The van der Waals surface area contributed by atoms with Gasteiger partial charge in [-0.2, -0.15) is 0 Å². The van der Waals surface area contributed by atoms with Crippen LogP contribution in [0.1, 0.15) is 60.8 Å². The minimum atomic E-state index is -0.246. The monoisotopic (exact) mass is 254 g/mol. The highest BCUT2D eigenvalue weighted by molar-refractivity contribution is 5.83. The van der Waals surface area contributed by atoms with Crippen LogP contribution in [0.15, 0.2) is 12.7 Å². The van der Waals surface area contributed by atoms with E-state index >= 15 is 0 Å². The van der Waals surface area contributed by atoms with Gasteiger partial charge in [0.1, 0.15) is 5.78 Å². The summed E-state index contributed by atoms with van der Waals surface area (Å²) in [4.78, 5) is 12.0. The van der Waals surface area contributed by atoms with Crippen molar-refractivity contribution in [1.82, 2.24) is 0 Å². The number of ether oxygens (including phenoxy) is 1. The fourth-order valence-electron chi connectivity index (χ4n) is 1.64. The van der Waals surface area contributed by atoms with Gasteiger partial charge >= 0.3 is 0 Å². The molecule has 0 amide bonds. The summed E-state index contributed by atoms with van der Waals surface area (Å²) in [5.74, 6) is 0.682. The van der Waals surface area contributed by atoms with Crippen molar-refractivity contribution in [3.05, 3.63) is 12.7 Å². The number of carbonyl (C=O) groups excluding carboxylic acids is 1. The number of hydrogen-bond donors (Lipinski definition) is 0. The van der Waals surface area contributed by atoms with Crippen molar-refractivity contribution in [2.45, 2.75) is 66.4 Å². The van der Waals surface area contributed by atoms with Crippen molar-refractivity contribution in [3.8, 4) is 0 Å². The lowest BCUT2D eigenvalue weighted by atomic mass is 9.83. The second-order valence-electron chi connectivity index (χ2n) is 7.02. The molecule has 2 heteroatoms. The van der Waals surface area contributed by atoms with Crippen molar-refractivity contribution >= 4 is 5.78 Å². The first-order chi connectivity index (χ1) is 8.06. The van der Waals surface area contributed by atoms with Crippen LogP contribution in [0.25, 0.3) is 0 Å². The summed E-state index contributed by atoms with van der Waals surface area (Å²) in [6.45, 7) is 16.6. The first kappa shape index (κ1) is 17.4. The van der Waals surface area contributed by atoms with Gasteiger partial charge in [0.2, 0.25) is 0 Å². The molecule has 0 aliphatic carbocycles. The van der Waals surface area contributed by atoms with Gasteiger partial charge in [0.25, 0.3) is 0 Å². The second-order valence-corrected chi connectivity index (χ2v) is 7.02. The molecule has 0 aliphatic heterocycles. The Morgan fingerprint density at radius 1 is 1.22 bits per heavy atom. The van der Waals surface area contributed by atoms with E-state index in [2.05, 4.69) is 27.4 Å². The molecule has 0 radical (unpaired) electrons. The summed E-state index contributed by atoms with van der Waals surface area (Å²) >= 11 is 0. The Morgan fingerprint density at radius 2 is 1.78 bits per heavy atom. The standard InChI is InChI=1S/C16H30O2/c1-8-9-13(10-11-18-16(5,6)7)12-14(17)15(2,3)4/h8,13H,1,9-12H2,2-7H3. The van der Waals surface area contributed by atoms with Gasteiger partial charge in [-0.1, -0.05) is 26.8 Å². The molecule has 1 unspecified atom stereocenters. The molecule has 18 heavy (non-hydrogen) atoms. The minimum Gasteiger partial charge on any atom is -0.376 e. The minimum absolute atomic E-state index is 0.104. The largest absolute Gasteiger partial charge is 0.376 e. The van der Waals surface area contributed by atoms with Gasteiger partial charge in [-0.15, -0.1) is 6.58 Å². The topological polar surface area (TPSA) is 26.3 Å². The number of hydrogen-bond acceptors (Lipinski definition) is 2. The molecule has 106 valence electrons. The molecule has 0 spiro atoms. The lowest BCUT2D eigenvalue weighted by Gasteiger charge is -2.24. The third-order valence-corrected chi connectivity index (χ3v) is 2.87. The Morgan fingerprint density at radius 3 is 2.17 bits per heavy atom. The maximum absolute atomic E-state index is 12.0. The zero-order valence-corrected chi connectivity index (χ0v) is 13.0. The van der Waals surface area contributed by atoms with E-state index in [0.29, 0.717) is 24.7 Å². The molecule has 0 saturated carbocycles. The van der Waals surface area contributed by atoms with Crippen LogP contribution in [-0.4, -0.2) is 18.0 Å². The van der Waals surface area contributed by atoms with E-state index in [1.54, 1.807) is 0 Å². The molecule has 0 aromatic carbocycles. The molecular weight excluding hydrogens is 224 g/mol. The molecule has 0 heterocycles. The van der Waals surface area contributed by atoms with Gasteiger partial charge in [0, 0.05) is 18.4 Å². The molecular formula is C16H30O2. The molecule has 0 aromatic rings. The highest BCUT2D eigenvalue weighted by atomic mass is 16.5. The number of allylic oxidation sites excluding steroid dienone is 1. The highest BCUT2D eigenvalue weighted by Crippen LogP contribution is 2.24. The van der Waals surface area contributed by atoms with Gasteiger partial charge < -0.3 is 4.74 Å². The fourth-order valence-corrected chi connectivity index (χ4v) is 1.64. The van der Waals surface area contributed by atoms with E-state index in [1.165, 1.54) is 0 Å². The maximum Gasteiger partial charge on any atom is 0.138 e. The molecule has 0 aromatic heterocycles. The molecule has 1 atom stereocenters. The molecule has 0 N–H and O–H groups in total. The predicted molar refractivity (Wildman–Crippen MR) is 77.7 cm³/mol. The summed E-state index contributed by atoms with van der Waals surface area (Å²) in [6, 6.07) is 0. The lowest BCUT2D eigenvalue weighted by molar-refractivity contribution is -0.127. The van der Waals surface area contributed by atoms with Crippen molar-refractivity contribution < 1.29 is 9.53 Å². The number of carbonyl (C=O) groups is 1. The number of Topliss-reactive ketones (excluding diaryl/α,β-unsaturated/α-hetero) is 1. The van der Waals surface area contributed by atoms with Gasteiger partial charge in [-0.05, 0) is 39.5 Å². The normalized spacial score (nSPS) is 14.3. The van der Waals surface area contributed by atoms with Crippen LogP contribution in [0.4, 0.5) is 0 Å². The van der Waals surface area contributed by atoms with Crippen LogP contribution in [0.2, 0.25) is 0 Å². The third-order valence-electron chi connectivity index (χ3n) is 2.87. The molecule has 0 rings (SSSR count). The highest BCUT2D eigenvalue weighted by Gasteiger charge is 2.24. The average molecular weight is 254 g/mol. The summed E-state index contributed by atoms with van der Waals surface area (Å²) in [7, 11) is 0. The van der Waals surface area contributed by atoms with Crippen LogP contribution in [-0.2, 0) is 9.53 Å². The Hall–Kier alpha value is -0.630. The van der Waals surface area contributed by atoms with Gasteiger partial charge in [-0.25, -0.2) is 0 Å². The van der Waals surface area contributed by atoms with Crippen molar-refractivity contribution in [3.63, 3.8) is 0 Å². The number of rotatable bonds is 7. The molecule has 2 nitrogen and oxygen atoms in total. The molecule has 0 bridgehead atoms. The lowest BCUT2D eigenvalue weighted by Crippen LogP contribution is -2.25. The van der Waals surface area contributed by atoms with Gasteiger partial charge in [-0.3, -0.25) is 4.79 Å². The van der Waals surface area contributed by atoms with Crippen LogP contribution < -0.4 is 0 Å². The van der Waals surface area contributed by atoms with E-state index < -0.39 is 0 Å². The Balaban J connectivity index is 4.23. The summed E-state index contributed by atoms with van der Waals surface area (Å²) < 4.78 is 5.73. The van der Waals surface area contributed by atoms with E-state index in [9.17, 15) is 4.79 Å². The van der Waals surface area contributed by atoms with Crippen LogP contribution in [0, 0.1) is 11.3 Å². The second kappa shape index (κ2) is 7.08. The quantitative estimate of drug-likeness (QED) is 0.630. The first-order valence-electron chi connectivity index (χ1n) is 6.84. The van der Waals surface area contributed by atoms with E-state index in [4.69, 9.17) is 4.74 Å². The predicted octanol–water partition coefficient (Wildman–Crippen LogP) is 4.39. The molecule has 0 saturated heterocycles. The van der Waals surface area contributed by atoms with Gasteiger partial charge in [0.05, 0.1) is 5.60 Å². The molecule has 0 fully saturated rings. The summed E-state index contributed by atoms with van der Waals surface area (Å²) in [5.41, 5.74) is -0.350.